The van der Waals surface area contributed by atoms with Crippen molar-refractivity contribution in [3.05, 3.63) is 45.6 Å². The number of para-hydroxylation sites is 1. The summed E-state index contributed by atoms with van der Waals surface area (Å²) in [6.45, 7) is 1.47. The number of thiophene rings is 1. The molecule has 0 spiro atoms. The quantitative estimate of drug-likeness (QED) is 0.650. The zero-order valence-corrected chi connectivity index (χ0v) is 15.9. The van der Waals surface area contributed by atoms with E-state index in [1.54, 1.807) is 11.3 Å². The highest BCUT2D eigenvalue weighted by atomic mass is 35.5. The van der Waals surface area contributed by atoms with Crippen LogP contribution < -0.4 is 4.74 Å². The van der Waals surface area contributed by atoms with Gasteiger partial charge < -0.3 is 9.64 Å². The standard InChI is InChI=1S/C18H17ClN2O2S2/c19-14-4-1-5-15-17(14)20-18(25-15)23-12-6-8-21(9-7-12)16(22)11-13-3-2-10-24-13/h1-5,10,12H,6-9,11H2. The normalized spacial score (nSPS) is 15.6. The summed E-state index contributed by atoms with van der Waals surface area (Å²) in [6.07, 6.45) is 2.27. The van der Waals surface area contributed by atoms with Crippen molar-refractivity contribution in [2.75, 3.05) is 13.1 Å². The predicted molar refractivity (Wildman–Crippen MR) is 103 cm³/mol. The number of hydrogen-bond donors (Lipinski definition) is 0. The summed E-state index contributed by atoms with van der Waals surface area (Å²) < 4.78 is 7.08. The lowest BCUT2D eigenvalue weighted by atomic mass is 10.1. The predicted octanol–water partition coefficient (Wildman–Crippen LogP) is 4.62. The maximum atomic E-state index is 12.4. The Labute approximate surface area is 159 Å². The summed E-state index contributed by atoms with van der Waals surface area (Å²) in [5.74, 6) is 0.202. The SMILES string of the molecule is O=C(Cc1cccs1)N1CCC(Oc2nc3c(Cl)cccc3s2)CC1. The minimum absolute atomic E-state index is 0.102. The van der Waals surface area contributed by atoms with Crippen LogP contribution in [0.2, 0.25) is 5.02 Å². The average molecular weight is 393 g/mol. The lowest BCUT2D eigenvalue weighted by Gasteiger charge is -2.31. The Kier molecular flexibility index (Phi) is 4.92. The molecular formula is C18H17ClN2O2S2. The molecule has 1 fully saturated rings. The van der Waals surface area contributed by atoms with Crippen molar-refractivity contribution in [2.45, 2.75) is 25.4 Å². The van der Waals surface area contributed by atoms with Crippen molar-refractivity contribution in [2.24, 2.45) is 0 Å². The fraction of sp³-hybridized carbons (Fsp3) is 0.333. The molecule has 0 saturated carbocycles. The Morgan fingerprint density at radius 3 is 2.84 bits per heavy atom. The fourth-order valence-corrected chi connectivity index (χ4v) is 4.86. The molecule has 1 aliphatic rings. The molecule has 130 valence electrons. The van der Waals surface area contributed by atoms with E-state index in [1.165, 1.54) is 11.3 Å². The molecule has 7 heteroatoms. The number of thiazole rings is 1. The number of hydrogen-bond acceptors (Lipinski definition) is 5. The van der Waals surface area contributed by atoms with E-state index in [-0.39, 0.29) is 12.0 Å². The van der Waals surface area contributed by atoms with Crippen LogP contribution in [-0.4, -0.2) is 35.0 Å². The molecule has 3 aromatic rings. The average Bonchev–Trinajstić information content (AvgIpc) is 3.25. The number of nitrogens with zero attached hydrogens (tertiary/aromatic N) is 2. The summed E-state index contributed by atoms with van der Waals surface area (Å²) >= 11 is 9.32. The van der Waals surface area contributed by atoms with E-state index >= 15 is 0 Å². The van der Waals surface area contributed by atoms with Gasteiger partial charge in [0.25, 0.3) is 5.19 Å². The Hall–Kier alpha value is -1.63. The second-order valence-electron chi connectivity index (χ2n) is 6.02. The molecule has 0 unspecified atom stereocenters. The van der Waals surface area contributed by atoms with Crippen molar-refractivity contribution in [1.82, 2.24) is 9.88 Å². The molecule has 0 bridgehead atoms. The lowest BCUT2D eigenvalue weighted by molar-refractivity contribution is -0.132. The molecule has 1 aliphatic heterocycles. The zero-order chi connectivity index (χ0) is 17.2. The third-order valence-electron chi connectivity index (χ3n) is 4.32. The summed E-state index contributed by atoms with van der Waals surface area (Å²) in [5.41, 5.74) is 0.799. The van der Waals surface area contributed by atoms with E-state index in [0.717, 1.165) is 41.0 Å². The van der Waals surface area contributed by atoms with Crippen molar-refractivity contribution >= 4 is 50.4 Å². The third kappa shape index (κ3) is 3.81. The lowest BCUT2D eigenvalue weighted by Crippen LogP contribution is -2.42. The third-order valence-corrected chi connectivity index (χ3v) is 6.41. The highest BCUT2D eigenvalue weighted by Gasteiger charge is 2.25. The number of fused-ring (bicyclic) bond motifs is 1. The molecule has 25 heavy (non-hydrogen) atoms. The summed E-state index contributed by atoms with van der Waals surface area (Å²) in [7, 11) is 0. The van der Waals surface area contributed by atoms with E-state index in [0.29, 0.717) is 16.6 Å². The Morgan fingerprint density at radius 1 is 1.28 bits per heavy atom. The van der Waals surface area contributed by atoms with Gasteiger partial charge in [0.15, 0.2) is 0 Å². The Bertz CT molecular complexity index is 870. The maximum Gasteiger partial charge on any atom is 0.274 e. The van der Waals surface area contributed by atoms with Gasteiger partial charge in [-0.2, -0.15) is 0 Å². The monoisotopic (exact) mass is 392 g/mol. The van der Waals surface area contributed by atoms with Crippen molar-refractivity contribution in [1.29, 1.82) is 0 Å². The van der Waals surface area contributed by atoms with Crippen LogP contribution in [0.4, 0.5) is 0 Å². The van der Waals surface area contributed by atoms with Gasteiger partial charge in [-0.15, -0.1) is 11.3 Å². The van der Waals surface area contributed by atoms with E-state index in [9.17, 15) is 4.79 Å². The smallest absolute Gasteiger partial charge is 0.274 e. The van der Waals surface area contributed by atoms with Gasteiger partial charge in [-0.05, 0) is 23.6 Å². The highest BCUT2D eigenvalue weighted by Crippen LogP contribution is 2.33. The fourth-order valence-electron chi connectivity index (χ4n) is 2.98. The van der Waals surface area contributed by atoms with Gasteiger partial charge in [0, 0.05) is 30.8 Å². The molecule has 3 heterocycles. The molecular weight excluding hydrogens is 376 g/mol. The number of aromatic nitrogens is 1. The molecule has 1 saturated heterocycles. The molecule has 1 aromatic carbocycles. The van der Waals surface area contributed by atoms with Crippen molar-refractivity contribution in [3.8, 4) is 5.19 Å². The van der Waals surface area contributed by atoms with Gasteiger partial charge in [-0.1, -0.05) is 35.1 Å². The maximum absolute atomic E-state index is 12.4. The van der Waals surface area contributed by atoms with Crippen LogP contribution >= 0.6 is 34.3 Å². The first-order valence-corrected chi connectivity index (χ1v) is 10.3. The highest BCUT2D eigenvalue weighted by molar-refractivity contribution is 7.20. The summed E-state index contributed by atoms with van der Waals surface area (Å²) in [6, 6.07) is 9.75. The topological polar surface area (TPSA) is 42.4 Å². The second kappa shape index (κ2) is 7.32. The molecule has 0 radical (unpaired) electrons. The largest absolute Gasteiger partial charge is 0.467 e. The van der Waals surface area contributed by atoms with Gasteiger partial charge in [0.1, 0.15) is 11.6 Å². The van der Waals surface area contributed by atoms with E-state index < -0.39 is 0 Å². The van der Waals surface area contributed by atoms with E-state index in [2.05, 4.69) is 4.98 Å². The first kappa shape index (κ1) is 16.8. The van der Waals surface area contributed by atoms with Gasteiger partial charge in [0.05, 0.1) is 16.1 Å². The number of carbonyl (C=O) groups excluding carboxylic acids is 1. The minimum atomic E-state index is 0.102. The first-order valence-electron chi connectivity index (χ1n) is 8.21. The number of rotatable bonds is 4. The molecule has 2 aromatic heterocycles. The summed E-state index contributed by atoms with van der Waals surface area (Å²) in [4.78, 5) is 19.9. The Balaban J connectivity index is 1.33. The van der Waals surface area contributed by atoms with Crippen LogP contribution in [0.25, 0.3) is 10.2 Å². The van der Waals surface area contributed by atoms with E-state index in [1.807, 2.05) is 40.6 Å². The first-order chi connectivity index (χ1) is 12.2. The van der Waals surface area contributed by atoms with Crippen LogP contribution in [0, 0.1) is 0 Å². The second-order valence-corrected chi connectivity index (χ2v) is 8.45. The van der Waals surface area contributed by atoms with Gasteiger partial charge in [-0.3, -0.25) is 4.79 Å². The molecule has 0 N–H and O–H groups in total. The molecule has 4 rings (SSSR count). The zero-order valence-electron chi connectivity index (χ0n) is 13.5. The number of likely N-dealkylation sites (tertiary alicyclic amines) is 1. The molecule has 0 atom stereocenters. The van der Waals surface area contributed by atoms with Crippen LogP contribution in [-0.2, 0) is 11.2 Å². The summed E-state index contributed by atoms with van der Waals surface area (Å²) in [5, 5.41) is 3.32. The van der Waals surface area contributed by atoms with Crippen LogP contribution in [0.3, 0.4) is 0 Å². The number of piperidine rings is 1. The molecule has 0 aliphatic carbocycles. The minimum Gasteiger partial charge on any atom is -0.467 e. The number of amides is 1. The van der Waals surface area contributed by atoms with Crippen LogP contribution in [0.1, 0.15) is 17.7 Å². The Morgan fingerprint density at radius 2 is 2.12 bits per heavy atom. The van der Waals surface area contributed by atoms with Crippen LogP contribution in [0.5, 0.6) is 5.19 Å². The van der Waals surface area contributed by atoms with Crippen molar-refractivity contribution in [3.63, 3.8) is 0 Å². The number of halogens is 1. The number of carbonyl (C=O) groups is 1. The molecule has 4 nitrogen and oxygen atoms in total. The van der Waals surface area contributed by atoms with E-state index in [4.69, 9.17) is 16.3 Å². The number of ether oxygens (including phenoxy) is 1. The molecule has 1 amide bonds. The van der Waals surface area contributed by atoms with Crippen molar-refractivity contribution < 1.29 is 9.53 Å². The number of benzene rings is 1. The van der Waals surface area contributed by atoms with Crippen LogP contribution in [0.15, 0.2) is 35.7 Å². The van der Waals surface area contributed by atoms with Gasteiger partial charge >= 0.3 is 0 Å². The van der Waals surface area contributed by atoms with Gasteiger partial charge in [0.2, 0.25) is 5.91 Å². The van der Waals surface area contributed by atoms with Gasteiger partial charge in [-0.25, -0.2) is 4.98 Å².